The lowest BCUT2D eigenvalue weighted by atomic mass is 9.80. The Labute approximate surface area is 149 Å². The van der Waals surface area contributed by atoms with Gasteiger partial charge in [0.25, 0.3) is 0 Å². The van der Waals surface area contributed by atoms with Gasteiger partial charge in [-0.05, 0) is 39.5 Å². The number of hydrogen-bond acceptors (Lipinski definition) is 6. The molecule has 6 heteroatoms. The van der Waals surface area contributed by atoms with Gasteiger partial charge in [-0.1, -0.05) is 11.6 Å². The highest BCUT2D eigenvalue weighted by Gasteiger charge is 2.62. The Morgan fingerprint density at radius 1 is 1.32 bits per heavy atom. The van der Waals surface area contributed by atoms with Crippen molar-refractivity contribution in [2.75, 3.05) is 32.8 Å². The Bertz CT molecular complexity index is 516. The number of nitrogens with zero attached hydrogens (tertiary/aromatic N) is 1. The highest BCUT2D eigenvalue weighted by molar-refractivity contribution is 5.75. The Morgan fingerprint density at radius 2 is 2.04 bits per heavy atom. The zero-order chi connectivity index (χ0) is 18.0. The SMILES string of the molecule is C/C1=C/CC[C@@]2(C)OC2[C@H]2OC(=O)[C@@H](CN(CCO)CCO)[C@@H]2CC1. The summed E-state index contributed by atoms with van der Waals surface area (Å²) in [6.45, 7) is 5.73. The molecule has 0 amide bonds. The number of aliphatic hydroxyl groups excluding tert-OH is 2. The summed E-state index contributed by atoms with van der Waals surface area (Å²) in [5.74, 6) is -0.251. The van der Waals surface area contributed by atoms with Crippen LogP contribution in [-0.2, 0) is 14.3 Å². The van der Waals surface area contributed by atoms with Crippen molar-refractivity contribution in [2.24, 2.45) is 11.8 Å². The molecule has 142 valence electrons. The minimum Gasteiger partial charge on any atom is -0.459 e. The van der Waals surface area contributed by atoms with Crippen molar-refractivity contribution in [2.45, 2.75) is 57.3 Å². The fourth-order valence-electron chi connectivity index (χ4n) is 4.40. The quantitative estimate of drug-likeness (QED) is 0.423. The molecule has 2 fully saturated rings. The van der Waals surface area contributed by atoms with E-state index in [1.807, 2.05) is 4.90 Å². The standard InChI is InChI=1S/C19H31NO5/c1-13-4-3-7-19(2)17(25-19)16-14(6-5-13)15(18(23)24-16)12-20(8-10-21)9-11-22/h4,14-17,21-22H,3,5-12H2,1-2H3/b13-4-/t14-,15-,16-,17?,19+/m0/s1. The number of carbonyl (C=O) groups excluding carboxylic acids is 1. The van der Waals surface area contributed by atoms with Gasteiger partial charge in [-0.25, -0.2) is 0 Å². The Kier molecular flexibility index (Phi) is 5.83. The second kappa shape index (κ2) is 7.74. The summed E-state index contributed by atoms with van der Waals surface area (Å²) in [5.41, 5.74) is 1.18. The third kappa shape index (κ3) is 4.08. The molecule has 1 unspecified atom stereocenters. The molecule has 6 nitrogen and oxygen atoms in total. The second-order valence-corrected chi connectivity index (χ2v) is 7.90. The van der Waals surface area contributed by atoms with Crippen LogP contribution in [0.1, 0.15) is 39.5 Å². The first-order valence-electron chi connectivity index (χ1n) is 9.46. The first kappa shape index (κ1) is 18.8. The van der Waals surface area contributed by atoms with Crippen LogP contribution in [0.5, 0.6) is 0 Å². The number of aliphatic hydroxyl groups is 2. The number of fused-ring (bicyclic) bond motifs is 3. The van der Waals surface area contributed by atoms with E-state index in [9.17, 15) is 15.0 Å². The summed E-state index contributed by atoms with van der Waals surface area (Å²) in [6.07, 6.45) is 5.97. The topological polar surface area (TPSA) is 82.5 Å². The number of hydrogen-bond donors (Lipinski definition) is 2. The van der Waals surface area contributed by atoms with Crippen LogP contribution in [0.25, 0.3) is 0 Å². The third-order valence-corrected chi connectivity index (χ3v) is 6.03. The second-order valence-electron chi connectivity index (χ2n) is 7.90. The lowest BCUT2D eigenvalue weighted by molar-refractivity contribution is -0.145. The first-order chi connectivity index (χ1) is 12.0. The smallest absolute Gasteiger partial charge is 0.311 e. The lowest BCUT2D eigenvalue weighted by Gasteiger charge is -2.27. The molecule has 2 heterocycles. The molecule has 0 bridgehead atoms. The van der Waals surface area contributed by atoms with Crippen molar-refractivity contribution in [3.63, 3.8) is 0 Å². The molecule has 0 aromatic carbocycles. The molecule has 0 aromatic heterocycles. The molecule has 3 rings (SSSR count). The van der Waals surface area contributed by atoms with E-state index >= 15 is 0 Å². The van der Waals surface area contributed by atoms with Crippen LogP contribution in [0.4, 0.5) is 0 Å². The van der Waals surface area contributed by atoms with Gasteiger partial charge in [0.05, 0.1) is 24.7 Å². The molecule has 0 saturated carbocycles. The molecule has 2 saturated heterocycles. The average molecular weight is 353 g/mol. The fourth-order valence-corrected chi connectivity index (χ4v) is 4.40. The fraction of sp³-hybridized carbons (Fsp3) is 0.842. The third-order valence-electron chi connectivity index (χ3n) is 6.03. The number of esters is 1. The number of rotatable bonds is 6. The lowest BCUT2D eigenvalue weighted by Crippen LogP contribution is -2.39. The van der Waals surface area contributed by atoms with Gasteiger partial charge in [-0.15, -0.1) is 0 Å². The zero-order valence-electron chi connectivity index (χ0n) is 15.3. The van der Waals surface area contributed by atoms with Crippen LogP contribution in [0, 0.1) is 11.8 Å². The Morgan fingerprint density at radius 3 is 2.72 bits per heavy atom. The number of allylic oxidation sites excluding steroid dienone is 2. The first-order valence-corrected chi connectivity index (χ1v) is 9.46. The van der Waals surface area contributed by atoms with E-state index < -0.39 is 0 Å². The summed E-state index contributed by atoms with van der Waals surface area (Å²) in [5, 5.41) is 18.5. The number of epoxide rings is 1. The van der Waals surface area contributed by atoms with Crippen molar-refractivity contribution < 1.29 is 24.5 Å². The van der Waals surface area contributed by atoms with Gasteiger partial charge in [0.15, 0.2) is 0 Å². The molecule has 0 radical (unpaired) electrons. The van der Waals surface area contributed by atoms with Gasteiger partial charge < -0.3 is 19.7 Å². The van der Waals surface area contributed by atoms with Gasteiger partial charge in [0.2, 0.25) is 0 Å². The predicted molar refractivity (Wildman–Crippen MR) is 93.0 cm³/mol. The van der Waals surface area contributed by atoms with Gasteiger partial charge in [-0.2, -0.15) is 0 Å². The molecule has 5 atom stereocenters. The van der Waals surface area contributed by atoms with Crippen LogP contribution in [0.15, 0.2) is 11.6 Å². The van der Waals surface area contributed by atoms with Gasteiger partial charge >= 0.3 is 5.97 Å². The summed E-state index contributed by atoms with van der Waals surface area (Å²) in [6, 6.07) is 0. The highest BCUT2D eigenvalue weighted by Crippen LogP contribution is 2.50. The largest absolute Gasteiger partial charge is 0.459 e. The molecule has 2 aliphatic heterocycles. The summed E-state index contributed by atoms with van der Waals surface area (Å²) in [4.78, 5) is 14.5. The van der Waals surface area contributed by atoms with Gasteiger partial charge in [-0.3, -0.25) is 9.69 Å². The van der Waals surface area contributed by atoms with Gasteiger partial charge in [0.1, 0.15) is 12.2 Å². The van der Waals surface area contributed by atoms with Crippen molar-refractivity contribution >= 4 is 5.97 Å². The van der Waals surface area contributed by atoms with E-state index in [4.69, 9.17) is 9.47 Å². The Hall–Kier alpha value is -0.950. The van der Waals surface area contributed by atoms with Gasteiger partial charge in [0, 0.05) is 25.6 Å². The Balaban J connectivity index is 1.77. The van der Waals surface area contributed by atoms with Crippen molar-refractivity contribution in [1.29, 1.82) is 0 Å². The summed E-state index contributed by atoms with van der Waals surface area (Å²) < 4.78 is 11.8. The van der Waals surface area contributed by atoms with Crippen molar-refractivity contribution in [3.8, 4) is 0 Å². The molecule has 0 aromatic rings. The number of ether oxygens (including phenoxy) is 2. The number of carbonyl (C=O) groups is 1. The van der Waals surface area contributed by atoms with Crippen LogP contribution in [0.2, 0.25) is 0 Å². The van der Waals surface area contributed by atoms with E-state index in [0.717, 1.165) is 25.7 Å². The maximum atomic E-state index is 12.6. The maximum Gasteiger partial charge on any atom is 0.311 e. The molecule has 0 spiro atoms. The van der Waals surface area contributed by atoms with Crippen LogP contribution >= 0.6 is 0 Å². The summed E-state index contributed by atoms with van der Waals surface area (Å²) in [7, 11) is 0. The summed E-state index contributed by atoms with van der Waals surface area (Å²) >= 11 is 0. The van der Waals surface area contributed by atoms with E-state index in [2.05, 4.69) is 19.9 Å². The molecular weight excluding hydrogens is 322 g/mol. The van der Waals surface area contributed by atoms with E-state index in [0.29, 0.717) is 19.6 Å². The molecule has 3 aliphatic rings. The molecule has 1 aliphatic carbocycles. The maximum absolute atomic E-state index is 12.6. The van der Waals surface area contributed by atoms with E-state index in [-0.39, 0.29) is 48.8 Å². The van der Waals surface area contributed by atoms with Crippen molar-refractivity contribution in [3.05, 3.63) is 11.6 Å². The van der Waals surface area contributed by atoms with E-state index in [1.165, 1.54) is 5.57 Å². The average Bonchev–Trinajstić information content (AvgIpc) is 3.13. The molecular formula is C19H31NO5. The highest BCUT2D eigenvalue weighted by atomic mass is 16.6. The normalized spacial score (nSPS) is 40.0. The van der Waals surface area contributed by atoms with Crippen LogP contribution < -0.4 is 0 Å². The monoisotopic (exact) mass is 353 g/mol. The molecule has 2 N–H and O–H groups in total. The molecule has 25 heavy (non-hydrogen) atoms. The zero-order valence-corrected chi connectivity index (χ0v) is 15.3. The van der Waals surface area contributed by atoms with E-state index in [1.54, 1.807) is 0 Å². The van der Waals surface area contributed by atoms with Crippen LogP contribution in [-0.4, -0.2) is 71.7 Å². The minimum atomic E-state index is -0.219. The minimum absolute atomic E-state index is 0.00221. The van der Waals surface area contributed by atoms with Crippen LogP contribution in [0.3, 0.4) is 0 Å². The van der Waals surface area contributed by atoms with Crippen molar-refractivity contribution in [1.82, 2.24) is 4.90 Å². The predicted octanol–water partition coefficient (Wildman–Crippen LogP) is 1.11.